The smallest absolute Gasteiger partial charge is 0.156 e. The van der Waals surface area contributed by atoms with Gasteiger partial charge in [-0.2, -0.15) is 0 Å². The molecule has 1 rings (SSSR count). The van der Waals surface area contributed by atoms with E-state index in [4.69, 9.17) is 4.74 Å². The van der Waals surface area contributed by atoms with Gasteiger partial charge in [0.05, 0.1) is 12.2 Å². The highest BCUT2D eigenvalue weighted by molar-refractivity contribution is 4.85. The molecular formula is C8H17NO3. The van der Waals surface area contributed by atoms with Crippen LogP contribution in [0.15, 0.2) is 0 Å². The molecule has 0 saturated carbocycles. The molecule has 0 aromatic carbocycles. The topological polar surface area (TPSA) is 52.9 Å². The zero-order valence-electron chi connectivity index (χ0n) is 7.77. The Bertz CT molecular complexity index is 151. The molecule has 0 aromatic rings. The Morgan fingerprint density at radius 2 is 1.92 bits per heavy atom. The van der Waals surface area contributed by atoms with Gasteiger partial charge in [0, 0.05) is 12.5 Å². The van der Waals surface area contributed by atoms with Gasteiger partial charge in [-0.25, -0.2) is 0 Å². The summed E-state index contributed by atoms with van der Waals surface area (Å²) in [5, 5.41) is 18.9. The number of aliphatic hydroxyl groups excluding tert-OH is 2. The van der Waals surface area contributed by atoms with E-state index in [2.05, 4.69) is 0 Å². The quantitative estimate of drug-likeness (QED) is 0.559. The van der Waals surface area contributed by atoms with Crippen LogP contribution in [0.4, 0.5) is 0 Å². The van der Waals surface area contributed by atoms with Gasteiger partial charge >= 0.3 is 0 Å². The maximum atomic E-state index is 9.65. The summed E-state index contributed by atoms with van der Waals surface area (Å²) in [6.45, 7) is 1.77. The first-order valence-corrected chi connectivity index (χ1v) is 4.20. The third-order valence-corrected chi connectivity index (χ3v) is 2.35. The van der Waals surface area contributed by atoms with E-state index < -0.39 is 12.4 Å². The summed E-state index contributed by atoms with van der Waals surface area (Å²) in [5.74, 6) is 0. The van der Waals surface area contributed by atoms with Gasteiger partial charge in [-0.1, -0.05) is 0 Å². The summed E-state index contributed by atoms with van der Waals surface area (Å²) in [6.07, 6.45) is -1.07. The largest absolute Gasteiger partial charge is 0.389 e. The van der Waals surface area contributed by atoms with Crippen molar-refractivity contribution in [3.8, 4) is 0 Å². The van der Waals surface area contributed by atoms with Crippen molar-refractivity contribution in [2.24, 2.45) is 0 Å². The monoisotopic (exact) mass is 175 g/mol. The summed E-state index contributed by atoms with van der Waals surface area (Å²) < 4.78 is 5.06. The third kappa shape index (κ3) is 1.95. The van der Waals surface area contributed by atoms with Crippen molar-refractivity contribution < 1.29 is 14.9 Å². The van der Waals surface area contributed by atoms with Gasteiger partial charge in [0.25, 0.3) is 0 Å². The van der Waals surface area contributed by atoms with Gasteiger partial charge in [0.1, 0.15) is 0 Å². The van der Waals surface area contributed by atoms with Crippen LogP contribution in [0.5, 0.6) is 0 Å². The van der Waals surface area contributed by atoms with Crippen LogP contribution < -0.4 is 0 Å². The lowest BCUT2D eigenvalue weighted by atomic mass is 9.99. The van der Waals surface area contributed by atoms with Crippen LogP contribution >= 0.6 is 0 Å². The van der Waals surface area contributed by atoms with Crippen molar-refractivity contribution in [1.29, 1.82) is 0 Å². The van der Waals surface area contributed by atoms with E-state index in [0.29, 0.717) is 6.42 Å². The molecule has 72 valence electrons. The summed E-state index contributed by atoms with van der Waals surface area (Å²) >= 11 is 0. The molecule has 1 heterocycles. The molecule has 4 atom stereocenters. The highest BCUT2D eigenvalue weighted by Gasteiger charge is 2.35. The van der Waals surface area contributed by atoms with Gasteiger partial charge in [-0.15, -0.1) is 0 Å². The second-order valence-corrected chi connectivity index (χ2v) is 3.55. The van der Waals surface area contributed by atoms with Gasteiger partial charge in [0.2, 0.25) is 0 Å². The first-order valence-electron chi connectivity index (χ1n) is 4.20. The first kappa shape index (κ1) is 9.92. The zero-order chi connectivity index (χ0) is 9.30. The normalized spacial score (nSPS) is 43.5. The van der Waals surface area contributed by atoms with E-state index >= 15 is 0 Å². The molecule has 4 nitrogen and oxygen atoms in total. The molecule has 0 aromatic heterocycles. The Morgan fingerprint density at radius 3 is 2.42 bits per heavy atom. The predicted octanol–water partition coefficient (Wildman–Crippen LogP) is -0.595. The minimum Gasteiger partial charge on any atom is -0.389 e. The van der Waals surface area contributed by atoms with E-state index in [-0.39, 0.29) is 12.1 Å². The van der Waals surface area contributed by atoms with Crippen LogP contribution in [0.25, 0.3) is 0 Å². The van der Waals surface area contributed by atoms with Crippen LogP contribution in [0, 0.1) is 0 Å². The predicted molar refractivity (Wildman–Crippen MR) is 44.7 cm³/mol. The molecule has 1 aliphatic heterocycles. The first-order chi connectivity index (χ1) is 5.52. The molecule has 0 unspecified atom stereocenters. The molecular weight excluding hydrogens is 158 g/mol. The van der Waals surface area contributed by atoms with Crippen molar-refractivity contribution in [2.75, 3.05) is 14.1 Å². The van der Waals surface area contributed by atoms with Crippen LogP contribution in [-0.4, -0.2) is 53.7 Å². The number of rotatable bonds is 1. The lowest BCUT2D eigenvalue weighted by molar-refractivity contribution is -0.212. The number of aliphatic hydroxyl groups is 2. The zero-order valence-corrected chi connectivity index (χ0v) is 7.77. The van der Waals surface area contributed by atoms with Gasteiger partial charge in [-0.05, 0) is 21.0 Å². The Kier molecular flexibility index (Phi) is 3.06. The van der Waals surface area contributed by atoms with Crippen LogP contribution in [0.1, 0.15) is 13.3 Å². The van der Waals surface area contributed by atoms with Crippen molar-refractivity contribution >= 4 is 0 Å². The summed E-state index contributed by atoms with van der Waals surface area (Å²) in [4.78, 5) is 1.91. The molecule has 0 bridgehead atoms. The summed E-state index contributed by atoms with van der Waals surface area (Å²) in [6, 6.07) is -0.0104. The fourth-order valence-electron chi connectivity index (χ4n) is 1.56. The second kappa shape index (κ2) is 3.70. The fraction of sp³-hybridized carbons (Fsp3) is 1.00. The van der Waals surface area contributed by atoms with Crippen molar-refractivity contribution in [3.63, 3.8) is 0 Å². The maximum absolute atomic E-state index is 9.65. The average molecular weight is 175 g/mol. The maximum Gasteiger partial charge on any atom is 0.156 e. The van der Waals surface area contributed by atoms with Crippen LogP contribution in [0.2, 0.25) is 0 Å². The van der Waals surface area contributed by atoms with Gasteiger partial charge in [-0.3, -0.25) is 0 Å². The molecule has 0 amide bonds. The molecule has 0 radical (unpaired) electrons. The molecule has 4 heteroatoms. The number of hydrogen-bond acceptors (Lipinski definition) is 4. The van der Waals surface area contributed by atoms with E-state index in [1.54, 1.807) is 6.92 Å². The molecule has 0 aliphatic carbocycles. The highest BCUT2D eigenvalue weighted by atomic mass is 16.6. The van der Waals surface area contributed by atoms with Crippen LogP contribution in [0.3, 0.4) is 0 Å². The third-order valence-electron chi connectivity index (χ3n) is 2.35. The van der Waals surface area contributed by atoms with Gasteiger partial charge in [0.15, 0.2) is 6.29 Å². The Hall–Kier alpha value is -0.160. The molecule has 1 fully saturated rings. The number of ether oxygens (including phenoxy) is 1. The minimum atomic E-state index is -0.740. The van der Waals surface area contributed by atoms with Crippen molar-refractivity contribution in [1.82, 2.24) is 4.90 Å². The Labute approximate surface area is 72.7 Å². The van der Waals surface area contributed by atoms with Gasteiger partial charge < -0.3 is 19.8 Å². The molecule has 0 spiro atoms. The Morgan fingerprint density at radius 1 is 1.33 bits per heavy atom. The van der Waals surface area contributed by atoms with E-state index in [1.165, 1.54) is 0 Å². The Balaban J connectivity index is 2.60. The summed E-state index contributed by atoms with van der Waals surface area (Å²) in [7, 11) is 3.78. The van der Waals surface area contributed by atoms with Crippen LogP contribution in [-0.2, 0) is 4.74 Å². The fourth-order valence-corrected chi connectivity index (χ4v) is 1.56. The standard InChI is InChI=1S/C8H17NO3/c1-5-8(11)6(9(2)3)4-7(10)12-5/h5-8,10-11H,4H2,1-3H3/t5-,6-,7+,8+/m0/s1. The van der Waals surface area contributed by atoms with Crippen molar-refractivity contribution in [2.45, 2.75) is 37.9 Å². The van der Waals surface area contributed by atoms with E-state index in [9.17, 15) is 10.2 Å². The number of likely N-dealkylation sites (N-methyl/N-ethyl adjacent to an activating group) is 1. The molecule has 1 saturated heterocycles. The molecule has 1 aliphatic rings. The SMILES string of the molecule is C[C@@H]1O[C@@H](O)C[C@H](N(C)C)[C@@H]1O. The molecule has 12 heavy (non-hydrogen) atoms. The molecule has 2 N–H and O–H groups in total. The lowest BCUT2D eigenvalue weighted by Crippen LogP contribution is -2.52. The van der Waals surface area contributed by atoms with E-state index in [1.807, 2.05) is 19.0 Å². The minimum absolute atomic E-state index is 0.0104. The number of nitrogens with zero attached hydrogens (tertiary/aromatic N) is 1. The highest BCUT2D eigenvalue weighted by Crippen LogP contribution is 2.21. The lowest BCUT2D eigenvalue weighted by Gasteiger charge is -2.39. The summed E-state index contributed by atoms with van der Waals surface area (Å²) in [5.41, 5.74) is 0. The van der Waals surface area contributed by atoms with Crippen molar-refractivity contribution in [3.05, 3.63) is 0 Å². The average Bonchev–Trinajstić information content (AvgIpc) is 1.96. The number of hydrogen-bond donors (Lipinski definition) is 2. The second-order valence-electron chi connectivity index (χ2n) is 3.55. The van der Waals surface area contributed by atoms with E-state index in [0.717, 1.165) is 0 Å².